The maximum absolute atomic E-state index is 12.7. The summed E-state index contributed by atoms with van der Waals surface area (Å²) in [5, 5.41) is 0. The molecule has 0 aromatic heterocycles. The molecule has 0 saturated carbocycles. The second-order valence-corrected chi connectivity index (χ2v) is 2.82. The second kappa shape index (κ2) is 3.73. The van der Waals surface area contributed by atoms with Gasteiger partial charge in [-0.3, -0.25) is 0 Å². The van der Waals surface area contributed by atoms with Crippen LogP contribution >= 0.6 is 11.6 Å². The van der Waals surface area contributed by atoms with E-state index in [2.05, 4.69) is 0 Å². The van der Waals surface area contributed by atoms with Gasteiger partial charge in [-0.25, -0.2) is 8.78 Å². The van der Waals surface area contributed by atoms with E-state index in [0.29, 0.717) is 6.07 Å². The fourth-order valence-electron chi connectivity index (χ4n) is 0.913. The summed E-state index contributed by atoms with van der Waals surface area (Å²) in [6.45, 7) is 0. The van der Waals surface area contributed by atoms with Gasteiger partial charge in [0.05, 0.1) is 11.4 Å². The lowest BCUT2D eigenvalue weighted by Crippen LogP contribution is -2.09. The highest BCUT2D eigenvalue weighted by molar-refractivity contribution is 6.17. The molecular weight excluding hydrogens is 227 g/mol. The van der Waals surface area contributed by atoms with Gasteiger partial charge in [0.15, 0.2) is 0 Å². The smallest absolute Gasteiger partial charge is 0.207 e. The summed E-state index contributed by atoms with van der Waals surface area (Å²) in [7, 11) is 0. The molecule has 0 aliphatic heterocycles. The first-order valence-corrected chi connectivity index (χ1v) is 4.00. The van der Waals surface area contributed by atoms with Crippen LogP contribution in [0.15, 0.2) is 12.1 Å². The van der Waals surface area contributed by atoms with E-state index < -0.39 is 29.3 Å². The Kier molecular flexibility index (Phi) is 2.99. The van der Waals surface area contributed by atoms with E-state index in [-0.39, 0.29) is 11.6 Å². The molecule has 6 heteroatoms. The number of benzene rings is 1. The van der Waals surface area contributed by atoms with Crippen molar-refractivity contribution >= 4 is 11.6 Å². The van der Waals surface area contributed by atoms with E-state index in [9.17, 15) is 22.0 Å². The third-order valence-corrected chi connectivity index (χ3v) is 1.87. The molecule has 0 heterocycles. The SMILES string of the molecule is Fc1cc(F)c(C(F)(F)F)cc1CCl. The van der Waals surface area contributed by atoms with Crippen LogP contribution in [0.3, 0.4) is 0 Å². The summed E-state index contributed by atoms with van der Waals surface area (Å²) in [6, 6.07) is 0.554. The fourth-order valence-corrected chi connectivity index (χ4v) is 1.12. The average Bonchev–Trinajstić information content (AvgIpc) is 2.02. The van der Waals surface area contributed by atoms with Gasteiger partial charge < -0.3 is 0 Å². The zero-order valence-corrected chi connectivity index (χ0v) is 7.39. The van der Waals surface area contributed by atoms with Crippen molar-refractivity contribution in [2.45, 2.75) is 12.1 Å². The molecule has 0 bridgehead atoms. The maximum atomic E-state index is 12.7. The molecule has 1 aromatic carbocycles. The normalized spacial score (nSPS) is 11.9. The third-order valence-electron chi connectivity index (χ3n) is 1.59. The highest BCUT2D eigenvalue weighted by atomic mass is 35.5. The van der Waals surface area contributed by atoms with Crippen molar-refractivity contribution in [3.63, 3.8) is 0 Å². The molecule has 0 radical (unpaired) electrons. The summed E-state index contributed by atoms with van der Waals surface area (Å²) in [5.41, 5.74) is -1.88. The minimum Gasteiger partial charge on any atom is -0.207 e. The summed E-state index contributed by atoms with van der Waals surface area (Å²) >= 11 is 5.18. The van der Waals surface area contributed by atoms with Crippen LogP contribution in [-0.2, 0) is 12.1 Å². The van der Waals surface area contributed by atoms with Gasteiger partial charge in [-0.15, -0.1) is 11.6 Å². The van der Waals surface area contributed by atoms with Gasteiger partial charge in [0.2, 0.25) is 0 Å². The summed E-state index contributed by atoms with van der Waals surface area (Å²) < 4.78 is 61.7. The lowest BCUT2D eigenvalue weighted by Gasteiger charge is -2.09. The Morgan fingerprint density at radius 3 is 2.07 bits per heavy atom. The topological polar surface area (TPSA) is 0 Å². The standard InChI is InChI=1S/C8H4ClF5/c9-3-4-1-5(8(12,13)14)7(11)2-6(4)10/h1-2H,3H2. The Labute approximate surface area is 81.3 Å². The number of hydrogen-bond acceptors (Lipinski definition) is 0. The van der Waals surface area contributed by atoms with Crippen LogP contribution in [0.4, 0.5) is 22.0 Å². The van der Waals surface area contributed by atoms with Gasteiger partial charge in [0.25, 0.3) is 0 Å². The van der Waals surface area contributed by atoms with Crippen LogP contribution < -0.4 is 0 Å². The van der Waals surface area contributed by atoms with Crippen LogP contribution in [0.1, 0.15) is 11.1 Å². The predicted octanol–water partition coefficient (Wildman–Crippen LogP) is 3.72. The van der Waals surface area contributed by atoms with Crippen molar-refractivity contribution in [2.75, 3.05) is 0 Å². The molecule has 0 nitrogen and oxygen atoms in total. The van der Waals surface area contributed by atoms with Crippen LogP contribution in [0.5, 0.6) is 0 Å². The van der Waals surface area contributed by atoms with Crippen LogP contribution in [0, 0.1) is 11.6 Å². The predicted molar refractivity (Wildman–Crippen MR) is 40.9 cm³/mol. The van der Waals surface area contributed by atoms with Gasteiger partial charge in [0.1, 0.15) is 11.6 Å². The Morgan fingerprint density at radius 1 is 1.07 bits per heavy atom. The molecule has 0 aliphatic rings. The molecule has 0 aliphatic carbocycles. The molecule has 0 fully saturated rings. The quantitative estimate of drug-likeness (QED) is 0.509. The minimum atomic E-state index is -4.83. The van der Waals surface area contributed by atoms with Crippen molar-refractivity contribution < 1.29 is 22.0 Å². The van der Waals surface area contributed by atoms with Crippen molar-refractivity contribution in [2.24, 2.45) is 0 Å². The van der Waals surface area contributed by atoms with Gasteiger partial charge in [0, 0.05) is 11.6 Å². The first kappa shape index (κ1) is 11.2. The molecule has 1 aromatic rings. The molecule has 1 rings (SSSR count). The van der Waals surface area contributed by atoms with Gasteiger partial charge in [-0.05, 0) is 6.07 Å². The molecule has 78 valence electrons. The molecule has 0 unspecified atom stereocenters. The van der Waals surface area contributed by atoms with Crippen molar-refractivity contribution in [1.29, 1.82) is 0 Å². The average molecular weight is 231 g/mol. The fraction of sp³-hybridized carbons (Fsp3) is 0.250. The zero-order valence-electron chi connectivity index (χ0n) is 6.63. The van der Waals surface area contributed by atoms with E-state index in [1.165, 1.54) is 0 Å². The van der Waals surface area contributed by atoms with Crippen molar-refractivity contribution in [3.05, 3.63) is 34.9 Å². The Hall–Kier alpha value is -0.840. The Morgan fingerprint density at radius 2 is 1.64 bits per heavy atom. The molecule has 0 N–H and O–H groups in total. The number of halogens is 6. The summed E-state index contributed by atoms with van der Waals surface area (Å²) in [4.78, 5) is 0. The van der Waals surface area contributed by atoms with E-state index in [4.69, 9.17) is 11.6 Å². The van der Waals surface area contributed by atoms with Crippen LogP contribution in [-0.4, -0.2) is 0 Å². The number of hydrogen-bond donors (Lipinski definition) is 0. The van der Waals surface area contributed by atoms with Gasteiger partial charge >= 0.3 is 6.18 Å². The highest BCUT2D eigenvalue weighted by Crippen LogP contribution is 2.32. The van der Waals surface area contributed by atoms with E-state index in [0.717, 1.165) is 0 Å². The molecule has 14 heavy (non-hydrogen) atoms. The minimum absolute atomic E-state index is 0.181. The highest BCUT2D eigenvalue weighted by Gasteiger charge is 2.34. The number of rotatable bonds is 1. The molecule has 0 spiro atoms. The third kappa shape index (κ3) is 2.15. The maximum Gasteiger partial charge on any atom is 0.419 e. The number of alkyl halides is 4. The molecule has 0 saturated heterocycles. The lowest BCUT2D eigenvalue weighted by molar-refractivity contribution is -0.140. The van der Waals surface area contributed by atoms with Crippen molar-refractivity contribution in [1.82, 2.24) is 0 Å². The first-order valence-electron chi connectivity index (χ1n) is 3.47. The van der Waals surface area contributed by atoms with E-state index in [1.54, 1.807) is 0 Å². The lowest BCUT2D eigenvalue weighted by atomic mass is 10.1. The van der Waals surface area contributed by atoms with E-state index >= 15 is 0 Å². The van der Waals surface area contributed by atoms with Gasteiger partial charge in [-0.1, -0.05) is 0 Å². The Bertz CT molecular complexity index is 344. The summed E-state index contributed by atoms with van der Waals surface area (Å²) in [6.07, 6.45) is -4.83. The van der Waals surface area contributed by atoms with Crippen LogP contribution in [0.2, 0.25) is 0 Å². The van der Waals surface area contributed by atoms with E-state index in [1.807, 2.05) is 0 Å². The van der Waals surface area contributed by atoms with Crippen molar-refractivity contribution in [3.8, 4) is 0 Å². The zero-order chi connectivity index (χ0) is 10.9. The summed E-state index contributed by atoms with van der Waals surface area (Å²) in [5.74, 6) is -3.15. The van der Waals surface area contributed by atoms with Crippen LogP contribution in [0.25, 0.3) is 0 Å². The molecular formula is C8H4ClF5. The monoisotopic (exact) mass is 230 g/mol. The van der Waals surface area contributed by atoms with Gasteiger partial charge in [-0.2, -0.15) is 13.2 Å². The molecule has 0 atom stereocenters. The largest absolute Gasteiger partial charge is 0.419 e. The molecule has 0 amide bonds. The second-order valence-electron chi connectivity index (χ2n) is 2.55. The Balaban J connectivity index is 3.32. The first-order chi connectivity index (χ1) is 6.36.